The molecular formula is C16H19N3O2. The summed E-state index contributed by atoms with van der Waals surface area (Å²) in [6.45, 7) is 1.05. The van der Waals surface area contributed by atoms with Gasteiger partial charge in [-0.15, -0.1) is 0 Å². The van der Waals surface area contributed by atoms with E-state index in [0.29, 0.717) is 5.69 Å². The minimum atomic E-state index is -0.396. The summed E-state index contributed by atoms with van der Waals surface area (Å²) in [5.41, 5.74) is 2.47. The number of nitro groups is 1. The van der Waals surface area contributed by atoms with Crippen molar-refractivity contribution in [3.05, 3.63) is 58.3 Å². The van der Waals surface area contributed by atoms with Crippen molar-refractivity contribution in [1.82, 2.24) is 9.88 Å². The number of hydrogen-bond donors (Lipinski definition) is 0. The minimum absolute atomic E-state index is 0.0397. The lowest BCUT2D eigenvalue weighted by Crippen LogP contribution is -2.13. The standard InChI is InChI=1S/C16H19N3O2/c1-18(2)12-4-5-13-7-9-14(10-8-13)16-15(19(20)21)6-3-11-17-16/h3,6-11H,4-5,12H2,1-2H3. The number of aromatic nitrogens is 1. The van der Waals surface area contributed by atoms with Crippen molar-refractivity contribution >= 4 is 5.69 Å². The molecule has 5 nitrogen and oxygen atoms in total. The normalized spacial score (nSPS) is 10.8. The zero-order valence-electron chi connectivity index (χ0n) is 12.3. The fourth-order valence-corrected chi connectivity index (χ4v) is 2.20. The smallest absolute Gasteiger partial charge is 0.295 e. The SMILES string of the molecule is CN(C)CCCc1ccc(-c2ncccc2[N+](=O)[O-])cc1. The largest absolute Gasteiger partial charge is 0.309 e. The Balaban J connectivity index is 2.14. The van der Waals surface area contributed by atoms with Crippen molar-refractivity contribution in [3.63, 3.8) is 0 Å². The van der Waals surface area contributed by atoms with Gasteiger partial charge in [-0.2, -0.15) is 0 Å². The van der Waals surface area contributed by atoms with E-state index in [1.807, 2.05) is 24.3 Å². The van der Waals surface area contributed by atoms with E-state index in [-0.39, 0.29) is 5.69 Å². The molecule has 0 radical (unpaired) electrons. The van der Waals surface area contributed by atoms with Crippen LogP contribution in [0.5, 0.6) is 0 Å². The Morgan fingerprint density at radius 3 is 2.52 bits per heavy atom. The summed E-state index contributed by atoms with van der Waals surface area (Å²) < 4.78 is 0. The molecule has 110 valence electrons. The molecule has 0 amide bonds. The molecule has 0 aliphatic rings. The van der Waals surface area contributed by atoms with Gasteiger partial charge in [-0.3, -0.25) is 10.1 Å². The number of aryl methyl sites for hydroxylation is 1. The molecule has 1 heterocycles. The molecule has 2 rings (SSSR count). The summed E-state index contributed by atoms with van der Waals surface area (Å²) in [4.78, 5) is 16.9. The van der Waals surface area contributed by atoms with E-state index >= 15 is 0 Å². The van der Waals surface area contributed by atoms with Crippen molar-refractivity contribution in [2.75, 3.05) is 20.6 Å². The third-order valence-electron chi connectivity index (χ3n) is 3.28. The Hall–Kier alpha value is -2.27. The van der Waals surface area contributed by atoms with Crippen LogP contribution in [0.4, 0.5) is 5.69 Å². The van der Waals surface area contributed by atoms with E-state index in [0.717, 1.165) is 24.9 Å². The Kier molecular flexibility index (Phi) is 5.00. The molecule has 0 atom stereocenters. The molecule has 5 heteroatoms. The molecule has 21 heavy (non-hydrogen) atoms. The van der Waals surface area contributed by atoms with Gasteiger partial charge in [0.2, 0.25) is 0 Å². The van der Waals surface area contributed by atoms with Gasteiger partial charge >= 0.3 is 0 Å². The van der Waals surface area contributed by atoms with Crippen LogP contribution in [0.3, 0.4) is 0 Å². The maximum absolute atomic E-state index is 11.0. The molecule has 0 N–H and O–H groups in total. The zero-order chi connectivity index (χ0) is 15.2. The summed E-state index contributed by atoms with van der Waals surface area (Å²) in [6.07, 6.45) is 3.67. The highest BCUT2D eigenvalue weighted by atomic mass is 16.6. The summed E-state index contributed by atoms with van der Waals surface area (Å²) >= 11 is 0. The van der Waals surface area contributed by atoms with Crippen LogP contribution < -0.4 is 0 Å². The molecule has 0 aliphatic carbocycles. The summed E-state index contributed by atoms with van der Waals surface area (Å²) in [6, 6.07) is 10.9. The first kappa shape index (κ1) is 15.1. The highest BCUT2D eigenvalue weighted by Crippen LogP contribution is 2.27. The van der Waals surface area contributed by atoms with Crippen LogP contribution in [0.15, 0.2) is 42.6 Å². The second kappa shape index (κ2) is 6.95. The van der Waals surface area contributed by atoms with Crippen LogP contribution in [0.2, 0.25) is 0 Å². The maximum atomic E-state index is 11.0. The molecule has 0 unspecified atom stereocenters. The average Bonchev–Trinajstić information content (AvgIpc) is 2.47. The maximum Gasteiger partial charge on any atom is 0.295 e. The third-order valence-corrected chi connectivity index (χ3v) is 3.28. The van der Waals surface area contributed by atoms with E-state index in [4.69, 9.17) is 0 Å². The number of benzene rings is 1. The van der Waals surface area contributed by atoms with Gasteiger partial charge in [0.05, 0.1) is 4.92 Å². The predicted molar refractivity (Wildman–Crippen MR) is 83.2 cm³/mol. The second-order valence-electron chi connectivity index (χ2n) is 5.23. The van der Waals surface area contributed by atoms with E-state index < -0.39 is 4.92 Å². The van der Waals surface area contributed by atoms with Gasteiger partial charge in [0, 0.05) is 17.8 Å². The van der Waals surface area contributed by atoms with Crippen LogP contribution in [-0.4, -0.2) is 35.4 Å². The van der Waals surface area contributed by atoms with Crippen LogP contribution in [-0.2, 0) is 6.42 Å². The van der Waals surface area contributed by atoms with Gasteiger partial charge in [-0.05, 0) is 45.1 Å². The summed E-state index contributed by atoms with van der Waals surface area (Å²) in [7, 11) is 4.12. The lowest BCUT2D eigenvalue weighted by molar-refractivity contribution is -0.384. The molecular weight excluding hydrogens is 266 g/mol. The van der Waals surface area contributed by atoms with Crippen molar-refractivity contribution in [3.8, 4) is 11.3 Å². The molecule has 0 saturated heterocycles. The molecule has 1 aromatic heterocycles. The summed E-state index contributed by atoms with van der Waals surface area (Å²) in [5, 5.41) is 11.0. The first-order valence-corrected chi connectivity index (χ1v) is 6.91. The average molecular weight is 285 g/mol. The monoisotopic (exact) mass is 285 g/mol. The van der Waals surface area contributed by atoms with Gasteiger partial charge in [0.1, 0.15) is 5.69 Å². The van der Waals surface area contributed by atoms with E-state index in [9.17, 15) is 10.1 Å². The number of pyridine rings is 1. The van der Waals surface area contributed by atoms with Crippen molar-refractivity contribution in [1.29, 1.82) is 0 Å². The van der Waals surface area contributed by atoms with Crippen LogP contribution in [0.1, 0.15) is 12.0 Å². The molecule has 0 bridgehead atoms. The van der Waals surface area contributed by atoms with Gasteiger partial charge in [-0.25, -0.2) is 4.98 Å². The predicted octanol–water partition coefficient (Wildman–Crippen LogP) is 3.15. The van der Waals surface area contributed by atoms with Gasteiger partial charge < -0.3 is 4.90 Å². The lowest BCUT2D eigenvalue weighted by Gasteiger charge is -2.09. The van der Waals surface area contributed by atoms with E-state index in [1.165, 1.54) is 11.6 Å². The topological polar surface area (TPSA) is 59.3 Å². The Bertz CT molecular complexity index is 609. The van der Waals surface area contributed by atoms with Gasteiger partial charge in [0.15, 0.2) is 0 Å². The molecule has 0 saturated carbocycles. The first-order valence-electron chi connectivity index (χ1n) is 6.91. The highest BCUT2D eigenvalue weighted by molar-refractivity contribution is 5.69. The van der Waals surface area contributed by atoms with Gasteiger partial charge in [-0.1, -0.05) is 24.3 Å². The van der Waals surface area contributed by atoms with Crippen LogP contribution in [0, 0.1) is 10.1 Å². The van der Waals surface area contributed by atoms with Gasteiger partial charge in [0.25, 0.3) is 5.69 Å². The highest BCUT2D eigenvalue weighted by Gasteiger charge is 2.15. The number of nitrogens with zero attached hydrogens (tertiary/aromatic N) is 3. The number of hydrogen-bond acceptors (Lipinski definition) is 4. The van der Waals surface area contributed by atoms with E-state index in [2.05, 4.69) is 24.0 Å². The lowest BCUT2D eigenvalue weighted by atomic mass is 10.0. The third kappa shape index (κ3) is 4.10. The fourth-order valence-electron chi connectivity index (χ4n) is 2.20. The first-order chi connectivity index (χ1) is 10.1. The molecule has 1 aromatic carbocycles. The van der Waals surface area contributed by atoms with Crippen molar-refractivity contribution < 1.29 is 4.92 Å². The van der Waals surface area contributed by atoms with Crippen molar-refractivity contribution in [2.45, 2.75) is 12.8 Å². The quantitative estimate of drug-likeness (QED) is 0.604. The minimum Gasteiger partial charge on any atom is -0.309 e. The molecule has 0 fully saturated rings. The Morgan fingerprint density at radius 1 is 1.19 bits per heavy atom. The van der Waals surface area contributed by atoms with Crippen LogP contribution >= 0.6 is 0 Å². The Labute approximate surface area is 124 Å². The summed E-state index contributed by atoms with van der Waals surface area (Å²) in [5.74, 6) is 0. The fraction of sp³-hybridized carbons (Fsp3) is 0.312. The molecule has 2 aromatic rings. The molecule has 0 spiro atoms. The number of rotatable bonds is 6. The second-order valence-corrected chi connectivity index (χ2v) is 5.23. The van der Waals surface area contributed by atoms with Crippen molar-refractivity contribution in [2.24, 2.45) is 0 Å². The van der Waals surface area contributed by atoms with Crippen LogP contribution in [0.25, 0.3) is 11.3 Å². The zero-order valence-corrected chi connectivity index (χ0v) is 12.3. The molecule has 0 aliphatic heterocycles. The Morgan fingerprint density at radius 2 is 1.90 bits per heavy atom. The van der Waals surface area contributed by atoms with E-state index in [1.54, 1.807) is 12.3 Å².